The maximum atomic E-state index is 10.8. The number of carbonyl (C=O) groups is 2. The Hall–Kier alpha value is -1.86. The zero-order valence-electron chi connectivity index (χ0n) is 11.6. The van der Waals surface area contributed by atoms with E-state index in [1.807, 2.05) is 0 Å². The minimum absolute atomic E-state index is 0.372. The van der Waals surface area contributed by atoms with Crippen molar-refractivity contribution < 1.29 is 14.3 Å². The standard InChI is InChI=1S/C9H8BrNO2.C6H4BrNO/c1-13-9(12)3-2-7-4-5-11-6-8(7)10;7-6-3-8-2-1-5(6)4-9/h2-6H,1H3;1-4H/b3-2+;. The summed E-state index contributed by atoms with van der Waals surface area (Å²) in [5, 5.41) is 0. The van der Waals surface area contributed by atoms with Gasteiger partial charge in [-0.2, -0.15) is 0 Å². The lowest BCUT2D eigenvalue weighted by Crippen LogP contribution is -1.93. The molecule has 0 N–H and O–H groups in total. The van der Waals surface area contributed by atoms with Gasteiger partial charge in [-0.3, -0.25) is 14.8 Å². The van der Waals surface area contributed by atoms with E-state index in [0.29, 0.717) is 5.56 Å². The molecule has 2 rings (SSSR count). The molecule has 0 atom stereocenters. The largest absolute Gasteiger partial charge is 0.466 e. The molecule has 0 fully saturated rings. The van der Waals surface area contributed by atoms with Crippen LogP contribution in [-0.2, 0) is 9.53 Å². The van der Waals surface area contributed by atoms with Crippen LogP contribution in [0.5, 0.6) is 0 Å². The number of methoxy groups -OCH3 is 1. The third-order valence-electron chi connectivity index (χ3n) is 2.33. The fourth-order valence-electron chi connectivity index (χ4n) is 1.23. The van der Waals surface area contributed by atoms with Crippen LogP contribution in [0.15, 0.2) is 51.9 Å². The van der Waals surface area contributed by atoms with Crippen LogP contribution in [0.4, 0.5) is 0 Å². The SMILES string of the molecule is COC(=O)/C=C/c1ccncc1Br.O=Cc1ccncc1Br. The van der Waals surface area contributed by atoms with Crippen LogP contribution in [0.25, 0.3) is 6.08 Å². The third kappa shape index (κ3) is 6.28. The monoisotopic (exact) mass is 426 g/mol. The Morgan fingerprint density at radius 3 is 2.05 bits per heavy atom. The van der Waals surface area contributed by atoms with Crippen LogP contribution < -0.4 is 0 Å². The van der Waals surface area contributed by atoms with E-state index in [9.17, 15) is 9.59 Å². The molecule has 0 amide bonds. The average molecular weight is 428 g/mol. The lowest BCUT2D eigenvalue weighted by molar-refractivity contribution is -0.134. The molecule has 0 saturated heterocycles. The molecule has 2 heterocycles. The predicted octanol–water partition coefficient (Wildman–Crippen LogP) is 3.69. The van der Waals surface area contributed by atoms with Gasteiger partial charge in [0, 0.05) is 45.4 Å². The van der Waals surface area contributed by atoms with Crippen molar-refractivity contribution in [2.24, 2.45) is 0 Å². The van der Waals surface area contributed by atoms with E-state index in [-0.39, 0.29) is 5.97 Å². The third-order valence-corrected chi connectivity index (χ3v) is 3.66. The number of aromatic nitrogens is 2. The molecule has 114 valence electrons. The number of hydrogen-bond donors (Lipinski definition) is 0. The van der Waals surface area contributed by atoms with Crippen molar-refractivity contribution in [1.82, 2.24) is 9.97 Å². The lowest BCUT2D eigenvalue weighted by Gasteiger charge is -1.95. The summed E-state index contributed by atoms with van der Waals surface area (Å²) < 4.78 is 6.03. The number of aldehydes is 1. The normalized spacial score (nSPS) is 9.77. The molecule has 0 aliphatic carbocycles. The Morgan fingerprint density at radius 2 is 1.64 bits per heavy atom. The number of pyridine rings is 2. The summed E-state index contributed by atoms with van der Waals surface area (Å²) in [7, 11) is 1.34. The molecular weight excluding hydrogens is 416 g/mol. The van der Waals surface area contributed by atoms with E-state index in [0.717, 1.165) is 20.8 Å². The highest BCUT2D eigenvalue weighted by Gasteiger charge is 1.96. The Bertz CT molecular complexity index is 675. The molecule has 22 heavy (non-hydrogen) atoms. The van der Waals surface area contributed by atoms with Crippen molar-refractivity contribution >= 4 is 50.2 Å². The van der Waals surface area contributed by atoms with Gasteiger partial charge in [0.2, 0.25) is 0 Å². The molecule has 0 spiro atoms. The van der Waals surface area contributed by atoms with Crippen LogP contribution in [0.1, 0.15) is 15.9 Å². The minimum atomic E-state index is -0.372. The van der Waals surface area contributed by atoms with E-state index in [1.54, 1.807) is 43.0 Å². The van der Waals surface area contributed by atoms with Crippen molar-refractivity contribution in [3.05, 3.63) is 63.1 Å². The van der Waals surface area contributed by atoms with E-state index in [1.165, 1.54) is 13.2 Å². The molecule has 0 unspecified atom stereocenters. The first-order chi connectivity index (χ1) is 10.6. The Kier molecular flexibility index (Phi) is 8.24. The number of hydrogen-bond acceptors (Lipinski definition) is 5. The van der Waals surface area contributed by atoms with Crippen LogP contribution in [0, 0.1) is 0 Å². The molecule has 0 aromatic carbocycles. The highest BCUT2D eigenvalue weighted by atomic mass is 79.9. The molecule has 0 aliphatic rings. The Morgan fingerprint density at radius 1 is 1.09 bits per heavy atom. The minimum Gasteiger partial charge on any atom is -0.466 e. The van der Waals surface area contributed by atoms with Gasteiger partial charge in [0.25, 0.3) is 0 Å². The summed E-state index contributed by atoms with van der Waals surface area (Å²) in [6.07, 6.45) is 10.3. The molecule has 0 aliphatic heterocycles. The van der Waals surface area contributed by atoms with Gasteiger partial charge in [-0.05, 0) is 55.6 Å². The highest BCUT2D eigenvalue weighted by Crippen LogP contribution is 2.15. The first kappa shape index (κ1) is 18.2. The van der Waals surface area contributed by atoms with E-state index in [4.69, 9.17) is 0 Å². The molecule has 7 heteroatoms. The van der Waals surface area contributed by atoms with Crippen LogP contribution in [0.3, 0.4) is 0 Å². The fraction of sp³-hybridized carbons (Fsp3) is 0.0667. The number of esters is 1. The van der Waals surface area contributed by atoms with Gasteiger partial charge in [-0.1, -0.05) is 0 Å². The fourth-order valence-corrected chi connectivity index (χ4v) is 1.95. The first-order valence-corrected chi connectivity index (χ1v) is 7.57. The number of halogens is 2. The van der Waals surface area contributed by atoms with Crippen molar-refractivity contribution in [1.29, 1.82) is 0 Å². The molecule has 2 aromatic rings. The summed E-state index contributed by atoms with van der Waals surface area (Å²) in [5.74, 6) is -0.372. The van der Waals surface area contributed by atoms with Gasteiger partial charge in [0.15, 0.2) is 6.29 Å². The zero-order valence-corrected chi connectivity index (χ0v) is 14.7. The maximum Gasteiger partial charge on any atom is 0.330 e. The second-order valence-corrected chi connectivity index (χ2v) is 5.48. The van der Waals surface area contributed by atoms with Crippen LogP contribution in [0.2, 0.25) is 0 Å². The van der Waals surface area contributed by atoms with Gasteiger partial charge in [0.1, 0.15) is 0 Å². The summed E-state index contributed by atoms with van der Waals surface area (Å²) >= 11 is 6.47. The van der Waals surface area contributed by atoms with E-state index >= 15 is 0 Å². The van der Waals surface area contributed by atoms with Crippen molar-refractivity contribution in [3.63, 3.8) is 0 Å². The van der Waals surface area contributed by atoms with Gasteiger partial charge in [-0.25, -0.2) is 4.79 Å². The molecule has 2 aromatic heterocycles. The summed E-state index contributed by atoms with van der Waals surface area (Å²) in [6.45, 7) is 0. The van der Waals surface area contributed by atoms with Crippen molar-refractivity contribution in [2.45, 2.75) is 0 Å². The Balaban J connectivity index is 0.000000235. The summed E-state index contributed by atoms with van der Waals surface area (Å²) in [6, 6.07) is 3.45. The van der Waals surface area contributed by atoms with Crippen LogP contribution in [-0.4, -0.2) is 29.3 Å². The van der Waals surface area contributed by atoms with Crippen molar-refractivity contribution in [2.75, 3.05) is 7.11 Å². The quantitative estimate of drug-likeness (QED) is 0.424. The van der Waals surface area contributed by atoms with Gasteiger partial charge in [0.05, 0.1) is 7.11 Å². The molecule has 5 nitrogen and oxygen atoms in total. The topological polar surface area (TPSA) is 69.2 Å². The number of rotatable bonds is 3. The van der Waals surface area contributed by atoms with Gasteiger partial charge in [-0.15, -0.1) is 0 Å². The van der Waals surface area contributed by atoms with E-state index in [2.05, 4.69) is 46.6 Å². The lowest BCUT2D eigenvalue weighted by atomic mass is 10.2. The molecule has 0 saturated carbocycles. The van der Waals surface area contributed by atoms with Gasteiger partial charge >= 0.3 is 5.97 Å². The number of carbonyl (C=O) groups excluding carboxylic acids is 2. The smallest absolute Gasteiger partial charge is 0.330 e. The summed E-state index contributed by atoms with van der Waals surface area (Å²) in [5.41, 5.74) is 1.52. The number of ether oxygens (including phenoxy) is 1. The first-order valence-electron chi connectivity index (χ1n) is 5.98. The highest BCUT2D eigenvalue weighted by molar-refractivity contribution is 9.10. The second kappa shape index (κ2) is 9.97. The predicted molar refractivity (Wildman–Crippen MR) is 90.3 cm³/mol. The average Bonchev–Trinajstić information content (AvgIpc) is 2.55. The maximum absolute atomic E-state index is 10.8. The summed E-state index contributed by atoms with van der Waals surface area (Å²) in [4.78, 5) is 28.6. The van der Waals surface area contributed by atoms with Crippen LogP contribution >= 0.6 is 31.9 Å². The zero-order chi connectivity index (χ0) is 16.4. The van der Waals surface area contributed by atoms with E-state index < -0.39 is 0 Å². The van der Waals surface area contributed by atoms with Gasteiger partial charge < -0.3 is 4.74 Å². The van der Waals surface area contributed by atoms with Crippen molar-refractivity contribution in [3.8, 4) is 0 Å². The number of nitrogens with zero attached hydrogens (tertiary/aromatic N) is 2. The molecule has 0 bridgehead atoms. The Labute approximate surface area is 144 Å². The molecular formula is C15H12Br2N2O3. The second-order valence-electron chi connectivity index (χ2n) is 3.77. The molecule has 0 radical (unpaired) electrons.